The number of hydrogen-bond acceptors (Lipinski definition) is 2. The van der Waals surface area contributed by atoms with Gasteiger partial charge in [0.2, 0.25) is 0 Å². The maximum Gasteiger partial charge on any atom is 0.126 e. The third-order valence-electron chi connectivity index (χ3n) is 3.11. The third kappa shape index (κ3) is 3.20. The molecule has 1 rings (SSSR count). The van der Waals surface area contributed by atoms with Crippen LogP contribution in [0.1, 0.15) is 25.8 Å². The number of aliphatic hydroxyl groups is 1. The Morgan fingerprint density at radius 2 is 2.12 bits per heavy atom. The Balaban J connectivity index is 2.64. The summed E-state index contributed by atoms with van der Waals surface area (Å²) in [5, 5.41) is 12.5. The molecule has 1 aromatic carbocycles. The highest BCUT2D eigenvalue weighted by atomic mass is 19.1. The molecule has 0 fully saturated rings. The molecule has 90 valence electrons. The maximum absolute atomic E-state index is 13.0. The molecule has 0 saturated carbocycles. The fourth-order valence-corrected chi connectivity index (χ4v) is 1.36. The van der Waals surface area contributed by atoms with E-state index in [1.54, 1.807) is 19.1 Å². The van der Waals surface area contributed by atoms with Crippen molar-refractivity contribution >= 4 is 5.69 Å². The molecule has 1 atom stereocenters. The molecule has 1 unspecified atom stereocenters. The van der Waals surface area contributed by atoms with Gasteiger partial charge in [-0.15, -0.1) is 0 Å². The number of rotatable bonds is 5. The molecule has 0 radical (unpaired) electrons. The minimum atomic E-state index is -0.189. The molecule has 0 amide bonds. The Kier molecular flexibility index (Phi) is 4.30. The van der Waals surface area contributed by atoms with Gasteiger partial charge in [-0.3, -0.25) is 0 Å². The minimum Gasteiger partial charge on any atom is -0.396 e. The van der Waals surface area contributed by atoms with Gasteiger partial charge in [-0.2, -0.15) is 0 Å². The summed E-state index contributed by atoms with van der Waals surface area (Å²) in [5.74, 6) is -0.189. The first kappa shape index (κ1) is 13.0. The van der Waals surface area contributed by atoms with E-state index in [1.807, 2.05) is 13.8 Å². The monoisotopic (exact) mass is 225 g/mol. The van der Waals surface area contributed by atoms with E-state index >= 15 is 0 Å². The van der Waals surface area contributed by atoms with Gasteiger partial charge in [0.15, 0.2) is 0 Å². The molecule has 2 N–H and O–H groups in total. The smallest absolute Gasteiger partial charge is 0.126 e. The molecule has 0 heterocycles. The van der Waals surface area contributed by atoms with Gasteiger partial charge in [0.25, 0.3) is 0 Å². The molecule has 0 saturated heterocycles. The molecular weight excluding hydrogens is 205 g/mol. The quantitative estimate of drug-likeness (QED) is 0.807. The van der Waals surface area contributed by atoms with E-state index in [4.69, 9.17) is 0 Å². The Morgan fingerprint density at radius 3 is 2.62 bits per heavy atom. The molecule has 0 aliphatic heterocycles. The summed E-state index contributed by atoms with van der Waals surface area (Å²) in [7, 11) is 0. The number of halogens is 1. The minimum absolute atomic E-state index is 0.123. The van der Waals surface area contributed by atoms with Crippen LogP contribution in [-0.2, 0) is 0 Å². The molecule has 2 nitrogen and oxygen atoms in total. The van der Waals surface area contributed by atoms with Crippen LogP contribution in [0.5, 0.6) is 0 Å². The zero-order chi connectivity index (χ0) is 12.2. The van der Waals surface area contributed by atoms with Gasteiger partial charge in [-0.05, 0) is 37.1 Å². The molecule has 16 heavy (non-hydrogen) atoms. The topological polar surface area (TPSA) is 32.3 Å². The van der Waals surface area contributed by atoms with Gasteiger partial charge in [-0.25, -0.2) is 4.39 Å². The van der Waals surface area contributed by atoms with Gasteiger partial charge < -0.3 is 10.4 Å². The third-order valence-corrected chi connectivity index (χ3v) is 3.11. The second-order valence-corrected chi connectivity index (χ2v) is 4.64. The van der Waals surface area contributed by atoms with E-state index in [1.165, 1.54) is 6.07 Å². The molecule has 0 aliphatic carbocycles. The second-order valence-electron chi connectivity index (χ2n) is 4.64. The average molecular weight is 225 g/mol. The van der Waals surface area contributed by atoms with Crippen LogP contribution in [0.4, 0.5) is 10.1 Å². The fourth-order valence-electron chi connectivity index (χ4n) is 1.36. The van der Waals surface area contributed by atoms with E-state index < -0.39 is 0 Å². The van der Waals surface area contributed by atoms with Crippen molar-refractivity contribution in [2.75, 3.05) is 18.5 Å². The van der Waals surface area contributed by atoms with Crippen LogP contribution in [0.2, 0.25) is 0 Å². The lowest BCUT2D eigenvalue weighted by Gasteiger charge is -2.26. The lowest BCUT2D eigenvalue weighted by atomic mass is 9.88. The normalized spacial score (nSPS) is 14.6. The summed E-state index contributed by atoms with van der Waals surface area (Å²) < 4.78 is 13.0. The van der Waals surface area contributed by atoms with Crippen molar-refractivity contribution in [3.63, 3.8) is 0 Å². The van der Waals surface area contributed by atoms with E-state index in [9.17, 15) is 9.50 Å². The van der Waals surface area contributed by atoms with E-state index in [2.05, 4.69) is 5.32 Å². The van der Waals surface area contributed by atoms with Crippen LogP contribution in [0.25, 0.3) is 0 Å². The predicted octanol–water partition coefficient (Wildman–Crippen LogP) is 2.95. The summed E-state index contributed by atoms with van der Waals surface area (Å²) >= 11 is 0. The molecule has 0 aliphatic rings. The van der Waals surface area contributed by atoms with E-state index in [-0.39, 0.29) is 17.8 Å². The lowest BCUT2D eigenvalue weighted by Crippen LogP contribution is -2.29. The van der Waals surface area contributed by atoms with Crippen molar-refractivity contribution in [3.8, 4) is 0 Å². The first-order valence-electron chi connectivity index (χ1n) is 5.61. The maximum atomic E-state index is 13.0. The van der Waals surface area contributed by atoms with Gasteiger partial charge in [0.05, 0.1) is 6.61 Å². The number of nitrogens with one attached hydrogen (secondary N) is 1. The van der Waals surface area contributed by atoms with Crippen molar-refractivity contribution in [1.82, 2.24) is 0 Å². The molecule has 3 heteroatoms. The number of anilines is 1. The molecule has 1 aromatic rings. The van der Waals surface area contributed by atoms with E-state index in [0.717, 1.165) is 12.1 Å². The zero-order valence-corrected chi connectivity index (χ0v) is 10.2. The SMILES string of the molecule is CCC(C)(CO)CNc1ccc(F)c(C)c1. The number of aliphatic hydroxyl groups excluding tert-OH is 1. The van der Waals surface area contributed by atoms with Gasteiger partial charge in [-0.1, -0.05) is 13.8 Å². The average Bonchev–Trinajstić information content (AvgIpc) is 2.30. The zero-order valence-electron chi connectivity index (χ0n) is 10.2. The van der Waals surface area contributed by atoms with Crippen molar-refractivity contribution < 1.29 is 9.50 Å². The molecule has 0 aromatic heterocycles. The van der Waals surface area contributed by atoms with Crippen LogP contribution in [0.15, 0.2) is 18.2 Å². The van der Waals surface area contributed by atoms with Crippen LogP contribution in [-0.4, -0.2) is 18.3 Å². The van der Waals surface area contributed by atoms with Crippen LogP contribution in [0.3, 0.4) is 0 Å². The largest absolute Gasteiger partial charge is 0.396 e. The second kappa shape index (κ2) is 5.30. The summed E-state index contributed by atoms with van der Waals surface area (Å²) in [6.45, 7) is 6.65. The summed E-state index contributed by atoms with van der Waals surface area (Å²) in [6.07, 6.45) is 0.899. The van der Waals surface area contributed by atoms with Crippen LogP contribution in [0, 0.1) is 18.2 Å². The Bertz CT molecular complexity index is 348. The van der Waals surface area contributed by atoms with Gasteiger partial charge in [0.1, 0.15) is 5.82 Å². The number of aryl methyl sites for hydroxylation is 1. The number of hydrogen-bond donors (Lipinski definition) is 2. The van der Waals surface area contributed by atoms with E-state index in [0.29, 0.717) is 12.1 Å². The van der Waals surface area contributed by atoms with Crippen molar-refractivity contribution in [2.24, 2.45) is 5.41 Å². The van der Waals surface area contributed by atoms with Gasteiger partial charge in [0, 0.05) is 17.6 Å². The Hall–Kier alpha value is -1.09. The number of benzene rings is 1. The Labute approximate surface area is 96.5 Å². The standard InChI is InChI=1S/C13H20FNO/c1-4-13(3,9-16)8-15-11-5-6-12(14)10(2)7-11/h5-7,15-16H,4,8-9H2,1-3H3. The molecule has 0 bridgehead atoms. The highest BCUT2D eigenvalue weighted by Gasteiger charge is 2.20. The first-order valence-corrected chi connectivity index (χ1v) is 5.61. The summed E-state index contributed by atoms with van der Waals surface area (Å²) in [5.41, 5.74) is 1.40. The summed E-state index contributed by atoms with van der Waals surface area (Å²) in [4.78, 5) is 0. The van der Waals surface area contributed by atoms with Crippen molar-refractivity contribution in [3.05, 3.63) is 29.6 Å². The highest BCUT2D eigenvalue weighted by molar-refractivity contribution is 5.46. The Morgan fingerprint density at radius 1 is 1.44 bits per heavy atom. The van der Waals surface area contributed by atoms with Crippen LogP contribution >= 0.6 is 0 Å². The summed E-state index contributed by atoms with van der Waals surface area (Å²) in [6, 6.07) is 4.96. The molecular formula is C13H20FNO. The highest BCUT2D eigenvalue weighted by Crippen LogP contribution is 2.21. The lowest BCUT2D eigenvalue weighted by molar-refractivity contribution is 0.149. The predicted molar refractivity (Wildman–Crippen MR) is 65.1 cm³/mol. The van der Waals surface area contributed by atoms with Crippen molar-refractivity contribution in [2.45, 2.75) is 27.2 Å². The molecule has 0 spiro atoms. The van der Waals surface area contributed by atoms with Crippen molar-refractivity contribution in [1.29, 1.82) is 0 Å². The van der Waals surface area contributed by atoms with Gasteiger partial charge >= 0.3 is 0 Å². The fraction of sp³-hybridized carbons (Fsp3) is 0.538. The van der Waals surface area contributed by atoms with Crippen LogP contribution < -0.4 is 5.32 Å². The first-order chi connectivity index (χ1) is 7.50.